The van der Waals surface area contributed by atoms with Gasteiger partial charge in [0.1, 0.15) is 11.5 Å². The fourth-order valence-electron chi connectivity index (χ4n) is 2.54. The molecular weight excluding hydrogens is 294 g/mol. The van der Waals surface area contributed by atoms with Gasteiger partial charge in [-0.2, -0.15) is 4.31 Å². The van der Waals surface area contributed by atoms with E-state index in [1.165, 1.54) is 16.4 Å². The maximum Gasteiger partial charge on any atom is 0.215 e. The molecule has 21 heavy (non-hydrogen) atoms. The van der Waals surface area contributed by atoms with Gasteiger partial charge in [0.2, 0.25) is 10.0 Å². The molecule has 2 N–H and O–H groups in total. The van der Waals surface area contributed by atoms with Crippen LogP contribution in [0.25, 0.3) is 0 Å². The highest BCUT2D eigenvalue weighted by Crippen LogP contribution is 2.34. The molecule has 118 valence electrons. The largest absolute Gasteiger partial charge is 0.508 e. The Morgan fingerprint density at radius 1 is 1.24 bits per heavy atom. The molecule has 1 aromatic carbocycles. The summed E-state index contributed by atoms with van der Waals surface area (Å²) < 4.78 is 31.6. The Hall–Kier alpha value is -1.31. The molecule has 0 unspecified atom stereocenters. The number of hydrogen-bond acceptors (Lipinski definition) is 5. The molecule has 1 aliphatic heterocycles. The third-order valence-corrected chi connectivity index (χ3v) is 5.86. The van der Waals surface area contributed by atoms with Crippen LogP contribution in [-0.4, -0.2) is 55.0 Å². The summed E-state index contributed by atoms with van der Waals surface area (Å²) in [6.07, 6.45) is 0. The number of aromatic hydroxyl groups is 2. The molecule has 0 atom stereocenters. The SMILES string of the molecule is CC(C)(CS(=O)(=O)N1CCOCC1)c1ccc(O)cc1O. The molecule has 0 aliphatic carbocycles. The molecule has 2 rings (SSSR count). The Morgan fingerprint density at radius 3 is 2.43 bits per heavy atom. The lowest BCUT2D eigenvalue weighted by molar-refractivity contribution is 0.0728. The Bertz CT molecular complexity index is 606. The summed E-state index contributed by atoms with van der Waals surface area (Å²) in [6.45, 7) is 5.06. The summed E-state index contributed by atoms with van der Waals surface area (Å²) in [6, 6.07) is 4.22. The van der Waals surface area contributed by atoms with E-state index < -0.39 is 15.4 Å². The molecule has 0 spiro atoms. The van der Waals surface area contributed by atoms with E-state index in [0.29, 0.717) is 31.9 Å². The molecule has 1 fully saturated rings. The van der Waals surface area contributed by atoms with Crippen molar-refractivity contribution >= 4 is 10.0 Å². The van der Waals surface area contributed by atoms with Crippen LogP contribution >= 0.6 is 0 Å². The van der Waals surface area contributed by atoms with Crippen LogP contribution in [0.4, 0.5) is 0 Å². The van der Waals surface area contributed by atoms with Crippen molar-refractivity contribution in [3.63, 3.8) is 0 Å². The average molecular weight is 315 g/mol. The predicted molar refractivity (Wildman–Crippen MR) is 79.0 cm³/mol. The summed E-state index contributed by atoms with van der Waals surface area (Å²) in [5.41, 5.74) is -0.272. The van der Waals surface area contributed by atoms with Crippen molar-refractivity contribution in [1.82, 2.24) is 4.31 Å². The summed E-state index contributed by atoms with van der Waals surface area (Å²) in [5.74, 6) is -0.265. The van der Waals surface area contributed by atoms with Crippen LogP contribution in [0, 0.1) is 0 Å². The van der Waals surface area contributed by atoms with Crippen molar-refractivity contribution in [3.05, 3.63) is 23.8 Å². The van der Waals surface area contributed by atoms with Gasteiger partial charge in [-0.05, 0) is 6.07 Å². The zero-order valence-electron chi connectivity index (χ0n) is 12.2. The third-order valence-electron chi connectivity index (χ3n) is 3.62. The second kappa shape index (κ2) is 5.82. The van der Waals surface area contributed by atoms with Crippen molar-refractivity contribution in [3.8, 4) is 11.5 Å². The van der Waals surface area contributed by atoms with E-state index in [-0.39, 0.29) is 17.3 Å². The third kappa shape index (κ3) is 3.66. The van der Waals surface area contributed by atoms with Crippen LogP contribution in [0.3, 0.4) is 0 Å². The number of morpholine rings is 1. The normalized spacial score (nSPS) is 17.8. The van der Waals surface area contributed by atoms with Gasteiger partial charge < -0.3 is 14.9 Å². The number of nitrogens with zero attached hydrogens (tertiary/aromatic N) is 1. The first kappa shape index (κ1) is 16.1. The van der Waals surface area contributed by atoms with Gasteiger partial charge in [-0.15, -0.1) is 0 Å². The van der Waals surface area contributed by atoms with Crippen LogP contribution in [0.5, 0.6) is 11.5 Å². The minimum atomic E-state index is -3.44. The van der Waals surface area contributed by atoms with Crippen molar-refractivity contribution in [2.45, 2.75) is 19.3 Å². The van der Waals surface area contributed by atoms with Crippen molar-refractivity contribution in [1.29, 1.82) is 0 Å². The van der Waals surface area contributed by atoms with E-state index in [2.05, 4.69) is 0 Å². The van der Waals surface area contributed by atoms with E-state index in [4.69, 9.17) is 4.74 Å². The topological polar surface area (TPSA) is 87.1 Å². The van der Waals surface area contributed by atoms with E-state index in [9.17, 15) is 18.6 Å². The first-order valence-electron chi connectivity index (χ1n) is 6.80. The lowest BCUT2D eigenvalue weighted by Crippen LogP contribution is -2.45. The predicted octanol–water partition coefficient (Wildman–Crippen LogP) is 1.04. The van der Waals surface area contributed by atoms with Crippen LogP contribution in [0.1, 0.15) is 19.4 Å². The van der Waals surface area contributed by atoms with E-state index in [1.54, 1.807) is 19.9 Å². The summed E-state index contributed by atoms with van der Waals surface area (Å²) >= 11 is 0. The summed E-state index contributed by atoms with van der Waals surface area (Å²) in [7, 11) is -3.44. The second-order valence-corrected chi connectivity index (χ2v) is 7.82. The summed E-state index contributed by atoms with van der Waals surface area (Å²) in [5, 5.41) is 19.3. The summed E-state index contributed by atoms with van der Waals surface area (Å²) in [4.78, 5) is 0. The first-order chi connectivity index (χ1) is 9.72. The van der Waals surface area contributed by atoms with Gasteiger partial charge in [0.15, 0.2) is 0 Å². The second-order valence-electron chi connectivity index (χ2n) is 5.85. The molecule has 1 saturated heterocycles. The number of benzene rings is 1. The van der Waals surface area contributed by atoms with E-state index >= 15 is 0 Å². The van der Waals surface area contributed by atoms with Gasteiger partial charge in [0.05, 0.1) is 19.0 Å². The van der Waals surface area contributed by atoms with Gasteiger partial charge in [-0.3, -0.25) is 0 Å². The minimum absolute atomic E-state index is 0.0527. The number of hydrogen-bond donors (Lipinski definition) is 2. The number of sulfonamides is 1. The molecule has 1 aromatic rings. The fourth-order valence-corrected chi connectivity index (χ4v) is 4.50. The van der Waals surface area contributed by atoms with Gasteiger partial charge in [-0.25, -0.2) is 8.42 Å². The van der Waals surface area contributed by atoms with Crippen LogP contribution in [0.15, 0.2) is 18.2 Å². The lowest BCUT2D eigenvalue weighted by Gasteiger charge is -2.31. The fraction of sp³-hybridized carbons (Fsp3) is 0.571. The molecule has 0 amide bonds. The molecular formula is C14H21NO5S. The molecule has 0 bridgehead atoms. The highest BCUT2D eigenvalue weighted by molar-refractivity contribution is 7.89. The Labute approximate surface area is 125 Å². The molecule has 7 heteroatoms. The molecule has 1 aliphatic rings. The quantitative estimate of drug-likeness (QED) is 0.867. The van der Waals surface area contributed by atoms with Gasteiger partial charge in [0.25, 0.3) is 0 Å². The van der Waals surface area contributed by atoms with Gasteiger partial charge in [0, 0.05) is 30.1 Å². The van der Waals surface area contributed by atoms with E-state index in [0.717, 1.165) is 0 Å². The Kier molecular flexibility index (Phi) is 4.46. The van der Waals surface area contributed by atoms with Crippen LogP contribution < -0.4 is 0 Å². The number of rotatable bonds is 4. The highest BCUT2D eigenvalue weighted by Gasteiger charge is 2.34. The van der Waals surface area contributed by atoms with E-state index in [1.807, 2.05) is 0 Å². The van der Waals surface area contributed by atoms with Crippen molar-refractivity contribution in [2.24, 2.45) is 0 Å². The monoisotopic (exact) mass is 315 g/mol. The lowest BCUT2D eigenvalue weighted by atomic mass is 9.86. The maximum absolute atomic E-state index is 12.5. The van der Waals surface area contributed by atoms with Crippen molar-refractivity contribution < 1.29 is 23.4 Å². The molecule has 1 heterocycles. The standard InChI is InChI=1S/C14H21NO5S/c1-14(2,12-4-3-11(16)9-13(12)17)10-21(18,19)15-5-7-20-8-6-15/h3-4,9,16-17H,5-8,10H2,1-2H3. The van der Waals surface area contributed by atoms with Crippen LogP contribution in [0.2, 0.25) is 0 Å². The Morgan fingerprint density at radius 2 is 1.86 bits per heavy atom. The van der Waals surface area contributed by atoms with Gasteiger partial charge >= 0.3 is 0 Å². The maximum atomic E-state index is 12.5. The minimum Gasteiger partial charge on any atom is -0.508 e. The molecule has 6 nitrogen and oxygen atoms in total. The molecule has 0 aromatic heterocycles. The molecule has 0 saturated carbocycles. The van der Waals surface area contributed by atoms with Crippen LogP contribution in [-0.2, 0) is 20.2 Å². The number of phenols is 2. The zero-order chi connectivity index (χ0) is 15.7. The number of phenolic OH excluding ortho intramolecular Hbond substituents is 2. The van der Waals surface area contributed by atoms with Crippen molar-refractivity contribution in [2.75, 3.05) is 32.1 Å². The zero-order valence-corrected chi connectivity index (χ0v) is 13.1. The smallest absolute Gasteiger partial charge is 0.215 e. The first-order valence-corrected chi connectivity index (χ1v) is 8.41. The average Bonchev–Trinajstić information content (AvgIpc) is 2.38. The molecule has 0 radical (unpaired) electrons. The Balaban J connectivity index is 2.23. The number of ether oxygens (including phenoxy) is 1. The van der Waals surface area contributed by atoms with Gasteiger partial charge in [-0.1, -0.05) is 19.9 Å². The highest BCUT2D eigenvalue weighted by atomic mass is 32.2.